The second kappa shape index (κ2) is 8.46. The van der Waals surface area contributed by atoms with Crippen LogP contribution >= 0.6 is 11.8 Å². The summed E-state index contributed by atoms with van der Waals surface area (Å²) in [6, 6.07) is 0. The Labute approximate surface area is 131 Å². The van der Waals surface area contributed by atoms with Gasteiger partial charge in [-0.05, 0) is 18.9 Å². The van der Waals surface area contributed by atoms with E-state index >= 15 is 0 Å². The van der Waals surface area contributed by atoms with Crippen LogP contribution in [0.2, 0.25) is 0 Å². The van der Waals surface area contributed by atoms with Crippen LogP contribution in [0.1, 0.15) is 13.3 Å². The molecular weight excluding hydrogens is 251 g/mol. The largest absolute Gasteiger partial charge is 1.00 e. The van der Waals surface area contributed by atoms with Crippen LogP contribution in [-0.2, 0) is 14.9 Å². The molecular formula is C7H11KO4S2. The molecule has 0 atom stereocenters. The van der Waals surface area contributed by atoms with Gasteiger partial charge in [0.1, 0.15) is 0 Å². The van der Waals surface area contributed by atoms with Crippen LogP contribution in [0.15, 0.2) is 12.2 Å². The van der Waals surface area contributed by atoms with Gasteiger partial charge in [0.05, 0.1) is 10.1 Å². The first-order valence-corrected chi connectivity index (χ1v) is 6.15. The summed E-state index contributed by atoms with van der Waals surface area (Å²) in [5.74, 6) is -0.0728. The summed E-state index contributed by atoms with van der Waals surface area (Å²) in [6.45, 7) is 5.02. The Hall–Kier alpha value is 1.31. The van der Waals surface area contributed by atoms with Gasteiger partial charge in [-0.3, -0.25) is 4.79 Å². The molecule has 0 unspecified atom stereocenters. The standard InChI is InChI=1S/C7H12O4S2.K/c1-6(2)7(8)12-4-3-5-13(9,10)11;/h1,3-5H2,2H3,(H,9,10,11);/q;+1/p-1. The van der Waals surface area contributed by atoms with Gasteiger partial charge in [-0.25, -0.2) is 8.42 Å². The summed E-state index contributed by atoms with van der Waals surface area (Å²) >= 11 is 0.983. The van der Waals surface area contributed by atoms with E-state index in [0.29, 0.717) is 11.3 Å². The molecule has 7 heteroatoms. The molecule has 0 radical (unpaired) electrons. The van der Waals surface area contributed by atoms with E-state index in [2.05, 4.69) is 6.58 Å². The Morgan fingerprint density at radius 2 is 2.00 bits per heavy atom. The Bertz CT molecular complexity index is 297. The molecule has 0 aromatic carbocycles. The third kappa shape index (κ3) is 11.4. The smallest absolute Gasteiger partial charge is 0.748 e. The number of rotatable bonds is 5. The third-order valence-corrected chi connectivity index (χ3v) is 3.01. The fourth-order valence-electron chi connectivity index (χ4n) is 0.524. The molecule has 0 saturated heterocycles. The molecule has 0 amide bonds. The summed E-state index contributed by atoms with van der Waals surface area (Å²) in [6.07, 6.45) is 0.204. The van der Waals surface area contributed by atoms with E-state index < -0.39 is 15.9 Å². The molecule has 0 bridgehead atoms. The van der Waals surface area contributed by atoms with Crippen LogP contribution in [0.5, 0.6) is 0 Å². The van der Waals surface area contributed by atoms with Crippen LogP contribution in [0.4, 0.5) is 0 Å². The van der Waals surface area contributed by atoms with Crippen molar-refractivity contribution in [1.82, 2.24) is 0 Å². The van der Waals surface area contributed by atoms with Gasteiger partial charge in [0.25, 0.3) is 0 Å². The van der Waals surface area contributed by atoms with Gasteiger partial charge in [-0.1, -0.05) is 18.3 Å². The first-order valence-electron chi connectivity index (χ1n) is 3.59. The Morgan fingerprint density at radius 1 is 1.50 bits per heavy atom. The van der Waals surface area contributed by atoms with E-state index in [9.17, 15) is 17.8 Å². The molecule has 14 heavy (non-hydrogen) atoms. The van der Waals surface area contributed by atoms with Gasteiger partial charge in [0.2, 0.25) is 5.12 Å². The molecule has 0 fully saturated rings. The zero-order chi connectivity index (χ0) is 10.5. The van der Waals surface area contributed by atoms with Crippen LogP contribution in [0.3, 0.4) is 0 Å². The molecule has 0 heterocycles. The SMILES string of the molecule is C=C(C)C(=O)SCCCS(=O)(=O)[O-].[K+]. The summed E-state index contributed by atoms with van der Waals surface area (Å²) < 4.78 is 30.4. The Morgan fingerprint density at radius 3 is 2.36 bits per heavy atom. The molecule has 76 valence electrons. The van der Waals surface area contributed by atoms with Crippen molar-refractivity contribution >= 4 is 27.0 Å². The fraction of sp³-hybridized carbons (Fsp3) is 0.571. The maximum atomic E-state index is 10.9. The second-order valence-electron chi connectivity index (χ2n) is 2.53. The van der Waals surface area contributed by atoms with Crippen molar-refractivity contribution in [2.75, 3.05) is 11.5 Å². The van der Waals surface area contributed by atoms with Crippen molar-refractivity contribution in [3.8, 4) is 0 Å². The summed E-state index contributed by atoms with van der Waals surface area (Å²) in [5, 5.41) is -0.164. The van der Waals surface area contributed by atoms with E-state index in [4.69, 9.17) is 0 Å². The average Bonchev–Trinajstić information content (AvgIpc) is 1.95. The molecule has 0 aliphatic heterocycles. The molecule has 0 N–H and O–H groups in total. The molecule has 0 aliphatic carbocycles. The van der Waals surface area contributed by atoms with Crippen LogP contribution in [-0.4, -0.2) is 29.6 Å². The predicted octanol–water partition coefficient (Wildman–Crippen LogP) is -2.24. The minimum Gasteiger partial charge on any atom is -0.748 e. The number of carbonyl (C=O) groups is 1. The van der Waals surface area contributed by atoms with Crippen molar-refractivity contribution in [2.24, 2.45) is 0 Å². The number of hydrogen-bond donors (Lipinski definition) is 0. The molecule has 0 rings (SSSR count). The summed E-state index contributed by atoms with van der Waals surface area (Å²) in [7, 11) is -4.14. The summed E-state index contributed by atoms with van der Waals surface area (Å²) in [4.78, 5) is 10.9. The van der Waals surface area contributed by atoms with Gasteiger partial charge in [-0.2, -0.15) is 0 Å². The molecule has 0 aliphatic rings. The molecule has 0 aromatic heterocycles. The van der Waals surface area contributed by atoms with Gasteiger partial charge < -0.3 is 4.55 Å². The Balaban J connectivity index is 0. The molecule has 0 aromatic rings. The number of hydrogen-bond acceptors (Lipinski definition) is 5. The topological polar surface area (TPSA) is 74.3 Å². The Kier molecular flexibility index (Phi) is 10.7. The predicted molar refractivity (Wildman–Crippen MR) is 51.5 cm³/mol. The van der Waals surface area contributed by atoms with Gasteiger partial charge in [-0.15, -0.1) is 0 Å². The number of carbonyl (C=O) groups excluding carboxylic acids is 1. The average molecular weight is 262 g/mol. The monoisotopic (exact) mass is 262 g/mol. The van der Waals surface area contributed by atoms with Gasteiger partial charge in [0, 0.05) is 11.5 Å². The van der Waals surface area contributed by atoms with E-state index in [-0.39, 0.29) is 62.9 Å². The van der Waals surface area contributed by atoms with E-state index in [1.54, 1.807) is 6.92 Å². The quantitative estimate of drug-likeness (QED) is 0.242. The van der Waals surface area contributed by atoms with E-state index in [0.717, 1.165) is 11.8 Å². The summed E-state index contributed by atoms with van der Waals surface area (Å²) in [5.41, 5.74) is 0.426. The maximum absolute atomic E-state index is 10.9. The third-order valence-electron chi connectivity index (χ3n) is 1.12. The molecule has 0 saturated carbocycles. The van der Waals surface area contributed by atoms with Crippen molar-refractivity contribution in [2.45, 2.75) is 13.3 Å². The molecule has 0 spiro atoms. The first-order chi connectivity index (χ1) is 5.83. The van der Waals surface area contributed by atoms with Crippen LogP contribution < -0.4 is 51.4 Å². The minimum atomic E-state index is -4.14. The fourth-order valence-corrected chi connectivity index (χ4v) is 1.92. The zero-order valence-corrected chi connectivity index (χ0v) is 13.0. The molecule has 4 nitrogen and oxygen atoms in total. The first kappa shape index (κ1) is 17.7. The second-order valence-corrected chi connectivity index (χ2v) is 5.12. The van der Waals surface area contributed by atoms with Crippen LogP contribution in [0.25, 0.3) is 0 Å². The zero-order valence-electron chi connectivity index (χ0n) is 8.28. The van der Waals surface area contributed by atoms with Crippen LogP contribution in [0, 0.1) is 0 Å². The minimum absolute atomic E-state index is 0. The van der Waals surface area contributed by atoms with Crippen molar-refractivity contribution < 1.29 is 69.1 Å². The van der Waals surface area contributed by atoms with E-state index in [1.807, 2.05) is 0 Å². The number of thioether (sulfide) groups is 1. The van der Waals surface area contributed by atoms with Crippen molar-refractivity contribution in [1.29, 1.82) is 0 Å². The maximum Gasteiger partial charge on any atom is 1.00 e. The van der Waals surface area contributed by atoms with Crippen molar-refractivity contribution in [3.63, 3.8) is 0 Å². The van der Waals surface area contributed by atoms with Crippen molar-refractivity contribution in [3.05, 3.63) is 12.2 Å². The normalized spacial score (nSPS) is 10.4. The van der Waals surface area contributed by atoms with E-state index in [1.165, 1.54) is 0 Å². The van der Waals surface area contributed by atoms with Gasteiger partial charge >= 0.3 is 51.4 Å². The van der Waals surface area contributed by atoms with Gasteiger partial charge in [0.15, 0.2) is 0 Å².